The molecule has 0 saturated heterocycles. The summed E-state index contributed by atoms with van der Waals surface area (Å²) in [6.07, 6.45) is -4.89. The molecule has 1 aromatic heterocycles. The Labute approximate surface area is 219 Å². The number of carbonyl (C=O) groups is 3. The molecule has 0 saturated carbocycles. The predicted molar refractivity (Wildman–Crippen MR) is 126 cm³/mol. The van der Waals surface area contributed by atoms with E-state index in [1.54, 1.807) is 0 Å². The molecule has 2 N–H and O–H groups in total. The lowest BCUT2D eigenvalue weighted by Gasteiger charge is -2.23. The Morgan fingerprint density at radius 2 is 1.82 bits per heavy atom. The number of hydrogen-bond acceptors (Lipinski definition) is 8. The van der Waals surface area contributed by atoms with Gasteiger partial charge in [-0.1, -0.05) is 23.7 Å². The van der Waals surface area contributed by atoms with E-state index in [1.807, 2.05) is 10.0 Å². The molecule has 206 valence electrons. The van der Waals surface area contributed by atoms with E-state index < -0.39 is 76.1 Å². The van der Waals surface area contributed by atoms with Crippen LogP contribution in [0.4, 0.5) is 28.2 Å². The van der Waals surface area contributed by atoms with Crippen molar-refractivity contribution in [3.8, 4) is 17.4 Å². The number of allylic oxidation sites excluding steroid dienone is 2. The van der Waals surface area contributed by atoms with Crippen molar-refractivity contribution in [2.75, 3.05) is 25.5 Å². The normalized spacial score (nSPS) is 11.7. The van der Waals surface area contributed by atoms with Gasteiger partial charge in [0.1, 0.15) is 17.3 Å². The molecule has 0 fully saturated rings. The zero-order valence-electron chi connectivity index (χ0n) is 19.5. The topological polar surface area (TPSA) is 144 Å². The number of urea groups is 1. The van der Waals surface area contributed by atoms with Gasteiger partial charge in [0, 0.05) is 19.2 Å². The highest BCUT2D eigenvalue weighted by Gasteiger charge is 2.39. The van der Waals surface area contributed by atoms with Gasteiger partial charge in [0.15, 0.2) is 34.7 Å². The van der Waals surface area contributed by atoms with E-state index in [2.05, 4.69) is 4.98 Å². The van der Waals surface area contributed by atoms with Crippen LogP contribution < -0.4 is 19.5 Å². The number of halogens is 5. The zero-order chi connectivity index (χ0) is 28.6. The van der Waals surface area contributed by atoms with Gasteiger partial charge in [-0.3, -0.25) is 19.8 Å². The Kier molecular flexibility index (Phi) is 10.5. The molecule has 38 heavy (non-hydrogen) atoms. The quantitative estimate of drug-likeness (QED) is 0.208. The molecule has 2 aromatic rings. The largest absolute Gasteiger partial charge is 0.482 e. The summed E-state index contributed by atoms with van der Waals surface area (Å²) in [5.74, 6) is -4.27. The third-order valence-corrected chi connectivity index (χ3v) is 4.96. The predicted octanol–water partition coefficient (Wildman–Crippen LogP) is 3.23. The number of thiol groups is 1. The van der Waals surface area contributed by atoms with Crippen LogP contribution in [0.2, 0.25) is 5.02 Å². The van der Waals surface area contributed by atoms with E-state index in [9.17, 15) is 40.4 Å². The second-order valence-corrected chi connectivity index (χ2v) is 8.44. The molecule has 0 unspecified atom stereocenters. The van der Waals surface area contributed by atoms with E-state index in [0.29, 0.717) is 13.1 Å². The molecule has 1 heterocycles. The van der Waals surface area contributed by atoms with Crippen molar-refractivity contribution < 1.29 is 49.8 Å². The molecule has 17 heteroatoms. The molecule has 0 aliphatic heterocycles. The van der Waals surface area contributed by atoms with Crippen molar-refractivity contribution >= 4 is 45.9 Å². The Balaban J connectivity index is 2.26. The van der Waals surface area contributed by atoms with Crippen molar-refractivity contribution in [3.63, 3.8) is 0 Å². The Morgan fingerprint density at radius 1 is 1.18 bits per heavy atom. The maximum Gasteiger partial charge on any atom is 0.431 e. The second kappa shape index (κ2) is 13.2. The number of ketones is 2. The number of benzene rings is 1. The minimum Gasteiger partial charge on any atom is -0.482 e. The minimum absolute atomic E-state index is 0.0240. The highest BCUT2D eigenvalue weighted by Crippen LogP contribution is 2.35. The number of pyridine rings is 1. The SMILES string of the molecule is CC(=O)/C=C(\N(C)C(=O)Nc1nc(Oc2ccccc2OCC(=O)CN[SH](=O)=O)c(Cl)cc1F)C(F)(F)F. The number of anilines is 1. The number of para-hydroxylation sites is 2. The van der Waals surface area contributed by atoms with Crippen molar-refractivity contribution in [1.29, 1.82) is 0 Å². The number of nitrogens with zero attached hydrogens (tertiary/aromatic N) is 2. The van der Waals surface area contributed by atoms with Crippen LogP contribution in [0, 0.1) is 5.82 Å². The molecule has 0 spiro atoms. The number of rotatable bonds is 11. The molecule has 0 atom stereocenters. The van der Waals surface area contributed by atoms with Crippen LogP contribution in [0.3, 0.4) is 0 Å². The Bertz CT molecular complexity index is 1330. The number of carbonyl (C=O) groups excluding carboxylic acids is 3. The van der Waals surface area contributed by atoms with Gasteiger partial charge in [0.05, 0.1) is 6.54 Å². The number of Topliss-reactive ketones (excluding diaryl/α,β-unsaturated/α-hetero) is 1. The number of alkyl halides is 3. The van der Waals surface area contributed by atoms with Gasteiger partial charge in [-0.05, 0) is 19.1 Å². The Morgan fingerprint density at radius 3 is 2.39 bits per heavy atom. The third kappa shape index (κ3) is 8.97. The fraction of sp³-hybridized carbons (Fsp3) is 0.238. The molecule has 2 amide bonds. The lowest BCUT2D eigenvalue weighted by molar-refractivity contribution is -0.120. The monoisotopic (exact) mass is 582 g/mol. The van der Waals surface area contributed by atoms with Crippen LogP contribution in [0.1, 0.15) is 6.92 Å². The summed E-state index contributed by atoms with van der Waals surface area (Å²) in [4.78, 5) is 39.0. The summed E-state index contributed by atoms with van der Waals surface area (Å²) >= 11 is 5.96. The van der Waals surface area contributed by atoms with Crippen molar-refractivity contribution in [2.24, 2.45) is 0 Å². The van der Waals surface area contributed by atoms with Gasteiger partial charge in [0.25, 0.3) is 0 Å². The van der Waals surface area contributed by atoms with E-state index in [-0.39, 0.29) is 22.5 Å². The first-order valence-corrected chi connectivity index (χ1v) is 11.7. The van der Waals surface area contributed by atoms with Crippen LogP contribution in [-0.2, 0) is 20.5 Å². The number of aromatic nitrogens is 1. The fourth-order valence-electron chi connectivity index (χ4n) is 2.58. The highest BCUT2D eigenvalue weighted by atomic mass is 35.5. The van der Waals surface area contributed by atoms with Crippen LogP contribution in [0.15, 0.2) is 42.1 Å². The highest BCUT2D eigenvalue weighted by molar-refractivity contribution is 7.70. The van der Waals surface area contributed by atoms with Gasteiger partial charge in [0.2, 0.25) is 16.8 Å². The summed E-state index contributed by atoms with van der Waals surface area (Å²) in [6.45, 7) is -0.211. The van der Waals surface area contributed by atoms with Gasteiger partial charge in [-0.2, -0.15) is 18.2 Å². The summed E-state index contributed by atoms with van der Waals surface area (Å²) in [6, 6.07) is 4.92. The number of nitrogens with one attached hydrogen (secondary N) is 2. The van der Waals surface area contributed by atoms with Crippen LogP contribution in [-0.4, -0.2) is 62.3 Å². The first-order valence-electron chi connectivity index (χ1n) is 10.2. The lowest BCUT2D eigenvalue weighted by atomic mass is 10.3. The molecule has 0 aliphatic rings. The molecular formula is C21H19ClF4N4O7S. The molecular weight excluding hydrogens is 564 g/mol. The number of ether oxygens (including phenoxy) is 2. The van der Waals surface area contributed by atoms with Crippen molar-refractivity contribution in [2.45, 2.75) is 13.1 Å². The Hall–Kier alpha value is -3.76. The maximum atomic E-state index is 14.4. The number of hydrogen-bond donors (Lipinski definition) is 3. The maximum absolute atomic E-state index is 14.4. The van der Waals surface area contributed by atoms with Crippen LogP contribution in [0.5, 0.6) is 17.4 Å². The van der Waals surface area contributed by atoms with Crippen molar-refractivity contribution in [1.82, 2.24) is 14.6 Å². The van der Waals surface area contributed by atoms with Gasteiger partial charge < -0.3 is 9.47 Å². The van der Waals surface area contributed by atoms with E-state index in [1.165, 1.54) is 24.3 Å². The van der Waals surface area contributed by atoms with Gasteiger partial charge in [-0.15, -0.1) is 0 Å². The first kappa shape index (κ1) is 30.5. The van der Waals surface area contributed by atoms with Crippen molar-refractivity contribution in [3.05, 3.63) is 52.9 Å². The zero-order valence-corrected chi connectivity index (χ0v) is 21.1. The van der Waals surface area contributed by atoms with E-state index in [0.717, 1.165) is 6.92 Å². The minimum atomic E-state index is -5.08. The molecule has 2 rings (SSSR count). The van der Waals surface area contributed by atoms with Crippen LogP contribution in [0.25, 0.3) is 0 Å². The summed E-state index contributed by atoms with van der Waals surface area (Å²) in [7, 11) is -2.27. The molecule has 11 nitrogen and oxygen atoms in total. The first-order chi connectivity index (χ1) is 17.7. The van der Waals surface area contributed by atoms with Crippen LogP contribution >= 0.6 is 11.6 Å². The van der Waals surface area contributed by atoms with Gasteiger partial charge in [-0.25, -0.2) is 22.3 Å². The summed E-state index contributed by atoms with van der Waals surface area (Å²) in [5, 5.41) is 1.45. The molecule has 0 aliphatic carbocycles. The lowest BCUT2D eigenvalue weighted by Crippen LogP contribution is -2.37. The smallest absolute Gasteiger partial charge is 0.431 e. The molecule has 1 aromatic carbocycles. The molecule has 0 bridgehead atoms. The standard InChI is InChI=1S/C21H19ClF4N4O7S/c1-11(31)7-17(21(24,25)26)30(2)20(33)29-18-14(23)8-13(22)19(28-18)37-16-6-4-3-5-15(16)36-10-12(32)9-27-38(34)35/h3-8,38H,9-10H2,1-2H3,(H,27,34,35)(H,28,29,33)/b17-7-. The number of amides is 2. The van der Waals surface area contributed by atoms with Gasteiger partial charge >= 0.3 is 12.2 Å². The summed E-state index contributed by atoms with van der Waals surface area (Å²) < 4.78 is 88.0. The second-order valence-electron chi connectivity index (χ2n) is 7.20. The third-order valence-electron chi connectivity index (χ3n) is 4.27. The van der Waals surface area contributed by atoms with E-state index in [4.69, 9.17) is 21.1 Å². The molecule has 0 radical (unpaired) electrons. The average molecular weight is 583 g/mol. The average Bonchev–Trinajstić information content (AvgIpc) is 2.82. The summed E-state index contributed by atoms with van der Waals surface area (Å²) in [5.41, 5.74) is -1.61. The van der Waals surface area contributed by atoms with E-state index >= 15 is 0 Å². The fourth-order valence-corrected chi connectivity index (χ4v) is 3.07.